The molecule has 0 radical (unpaired) electrons. The lowest BCUT2D eigenvalue weighted by Gasteiger charge is -2.18. The first-order chi connectivity index (χ1) is 31.1. The second kappa shape index (κ2) is 49.3. The van der Waals surface area contributed by atoms with Gasteiger partial charge in [-0.2, -0.15) is 0 Å². The third-order valence-corrected chi connectivity index (χ3v) is 13.1. The predicted octanol–water partition coefficient (Wildman–Crippen LogP) is 18.7. The van der Waals surface area contributed by atoms with E-state index in [4.69, 9.17) is 14.2 Å². The zero-order valence-electron chi connectivity index (χ0n) is 44.1. The lowest BCUT2D eigenvalue weighted by atomic mass is 10.0. The van der Waals surface area contributed by atoms with Crippen LogP contribution in [0.4, 0.5) is 0 Å². The quantitative estimate of drug-likeness (QED) is 0.0344. The van der Waals surface area contributed by atoms with Gasteiger partial charge in [0.25, 0.3) is 0 Å². The molecule has 0 aliphatic carbocycles. The van der Waals surface area contributed by atoms with Crippen molar-refractivity contribution in [2.24, 2.45) is 17.8 Å². The zero-order valence-corrected chi connectivity index (χ0v) is 44.1. The van der Waals surface area contributed by atoms with Crippen molar-refractivity contribution in [3.8, 4) is 0 Å². The largest absolute Gasteiger partial charge is 0.462 e. The maximum Gasteiger partial charge on any atom is 0.306 e. The van der Waals surface area contributed by atoms with Gasteiger partial charge in [-0.1, -0.05) is 279 Å². The maximum atomic E-state index is 12.8. The van der Waals surface area contributed by atoms with Gasteiger partial charge in [-0.3, -0.25) is 14.4 Å². The summed E-state index contributed by atoms with van der Waals surface area (Å²) in [5.41, 5.74) is 0. The molecule has 0 unspecified atom stereocenters. The second-order valence-electron chi connectivity index (χ2n) is 21.4. The molecule has 6 nitrogen and oxygen atoms in total. The van der Waals surface area contributed by atoms with E-state index in [-0.39, 0.29) is 31.1 Å². The van der Waals surface area contributed by atoms with Crippen LogP contribution in [-0.4, -0.2) is 37.2 Å². The molecular weight excluding hydrogens is 793 g/mol. The number of hydrogen-bond donors (Lipinski definition) is 0. The van der Waals surface area contributed by atoms with Crippen molar-refractivity contribution >= 4 is 17.9 Å². The topological polar surface area (TPSA) is 78.9 Å². The van der Waals surface area contributed by atoms with E-state index in [0.29, 0.717) is 19.3 Å². The standard InChI is InChI=1S/C58H112O6/c1-52(2)44-38-32-26-20-16-12-8-7-9-14-18-22-29-35-41-47-56(59)62-50-55(64-58(61)49-43-37-31-25-24-28-34-40-46-54(5)6)51-63-57(60)48-42-36-30-23-19-15-11-10-13-17-21-27-33-39-45-53(3)4/h52-55H,7-51H2,1-6H3/t55-/m0/s1. The first kappa shape index (κ1) is 62.4. The minimum atomic E-state index is -0.763. The van der Waals surface area contributed by atoms with Crippen LogP contribution in [0.5, 0.6) is 0 Å². The average molecular weight is 906 g/mol. The van der Waals surface area contributed by atoms with Crippen molar-refractivity contribution in [1.82, 2.24) is 0 Å². The zero-order chi connectivity index (χ0) is 47.0. The summed E-state index contributed by atoms with van der Waals surface area (Å²) in [6.07, 6.45) is 51.0. The van der Waals surface area contributed by atoms with Crippen LogP contribution >= 0.6 is 0 Å². The molecule has 64 heavy (non-hydrogen) atoms. The van der Waals surface area contributed by atoms with Crippen LogP contribution in [0.15, 0.2) is 0 Å². The van der Waals surface area contributed by atoms with Gasteiger partial charge < -0.3 is 14.2 Å². The molecule has 0 aliphatic heterocycles. The molecule has 0 aromatic carbocycles. The number of rotatable bonds is 51. The van der Waals surface area contributed by atoms with Crippen LogP contribution in [0.3, 0.4) is 0 Å². The smallest absolute Gasteiger partial charge is 0.306 e. The van der Waals surface area contributed by atoms with E-state index in [1.165, 1.54) is 199 Å². The molecule has 0 saturated heterocycles. The predicted molar refractivity (Wildman–Crippen MR) is 275 cm³/mol. The second-order valence-corrected chi connectivity index (χ2v) is 21.4. The Balaban J connectivity index is 4.25. The van der Waals surface area contributed by atoms with Gasteiger partial charge in [0.15, 0.2) is 6.10 Å². The molecule has 0 bridgehead atoms. The fourth-order valence-corrected chi connectivity index (χ4v) is 8.82. The van der Waals surface area contributed by atoms with Crippen molar-refractivity contribution in [1.29, 1.82) is 0 Å². The molecule has 6 heteroatoms. The molecule has 0 aromatic heterocycles. The minimum Gasteiger partial charge on any atom is -0.462 e. The van der Waals surface area contributed by atoms with E-state index < -0.39 is 6.10 Å². The van der Waals surface area contributed by atoms with Crippen LogP contribution in [0.25, 0.3) is 0 Å². The van der Waals surface area contributed by atoms with Crippen molar-refractivity contribution in [3.05, 3.63) is 0 Å². The van der Waals surface area contributed by atoms with E-state index in [2.05, 4.69) is 41.5 Å². The van der Waals surface area contributed by atoms with Gasteiger partial charge in [-0.15, -0.1) is 0 Å². The number of carbonyl (C=O) groups excluding carboxylic acids is 3. The van der Waals surface area contributed by atoms with Gasteiger partial charge in [0.2, 0.25) is 0 Å². The van der Waals surface area contributed by atoms with Crippen LogP contribution in [0, 0.1) is 17.8 Å². The molecule has 0 heterocycles. The Kier molecular flexibility index (Phi) is 48.1. The summed E-state index contributed by atoms with van der Waals surface area (Å²) in [7, 11) is 0. The first-order valence-electron chi connectivity index (χ1n) is 28.6. The van der Waals surface area contributed by atoms with Crippen LogP contribution in [0.2, 0.25) is 0 Å². The van der Waals surface area contributed by atoms with E-state index in [1.807, 2.05) is 0 Å². The van der Waals surface area contributed by atoms with E-state index in [0.717, 1.165) is 75.5 Å². The Bertz CT molecular complexity index is 991. The Labute approximate surface area is 399 Å². The summed E-state index contributed by atoms with van der Waals surface area (Å²) in [6.45, 7) is 13.7. The Morgan fingerprint density at radius 3 is 0.672 bits per heavy atom. The van der Waals surface area contributed by atoms with Gasteiger partial charge in [0.1, 0.15) is 13.2 Å². The van der Waals surface area contributed by atoms with Crippen LogP contribution < -0.4 is 0 Å². The number of ether oxygens (including phenoxy) is 3. The summed E-state index contributed by atoms with van der Waals surface area (Å²) in [6, 6.07) is 0. The third-order valence-electron chi connectivity index (χ3n) is 13.1. The van der Waals surface area contributed by atoms with Gasteiger partial charge >= 0.3 is 17.9 Å². The molecular formula is C58H112O6. The lowest BCUT2D eigenvalue weighted by Crippen LogP contribution is -2.30. The summed E-state index contributed by atoms with van der Waals surface area (Å²) < 4.78 is 16.9. The molecule has 380 valence electrons. The molecule has 0 spiro atoms. The average Bonchev–Trinajstić information content (AvgIpc) is 3.25. The van der Waals surface area contributed by atoms with Crippen molar-refractivity contribution in [3.63, 3.8) is 0 Å². The third kappa shape index (κ3) is 51.4. The molecule has 0 fully saturated rings. The van der Waals surface area contributed by atoms with Crippen molar-refractivity contribution in [2.45, 2.75) is 324 Å². The van der Waals surface area contributed by atoms with Crippen LogP contribution in [0.1, 0.15) is 318 Å². The number of carbonyl (C=O) groups is 3. The van der Waals surface area contributed by atoms with Gasteiger partial charge in [-0.05, 0) is 37.0 Å². The molecule has 1 atom stereocenters. The van der Waals surface area contributed by atoms with E-state index in [1.54, 1.807) is 0 Å². The lowest BCUT2D eigenvalue weighted by molar-refractivity contribution is -0.167. The number of unbranched alkanes of at least 4 members (excludes halogenated alkanes) is 34. The summed E-state index contributed by atoms with van der Waals surface area (Å²) in [5.74, 6) is 1.64. The highest BCUT2D eigenvalue weighted by atomic mass is 16.6. The van der Waals surface area contributed by atoms with E-state index >= 15 is 0 Å². The molecule has 0 amide bonds. The highest BCUT2D eigenvalue weighted by molar-refractivity contribution is 5.71. The molecule has 0 saturated carbocycles. The Hall–Kier alpha value is -1.59. The van der Waals surface area contributed by atoms with Crippen molar-refractivity contribution in [2.75, 3.05) is 13.2 Å². The van der Waals surface area contributed by atoms with E-state index in [9.17, 15) is 14.4 Å². The molecule has 0 rings (SSSR count). The monoisotopic (exact) mass is 905 g/mol. The summed E-state index contributed by atoms with van der Waals surface area (Å²) in [4.78, 5) is 38.1. The van der Waals surface area contributed by atoms with Crippen LogP contribution in [-0.2, 0) is 28.6 Å². The minimum absolute atomic E-state index is 0.0641. The summed E-state index contributed by atoms with van der Waals surface area (Å²) >= 11 is 0. The SMILES string of the molecule is CC(C)CCCCCCCCCCCCCCCCCC(=O)OC[C@@H](COC(=O)CCCCCCCCCCCCCCCCC(C)C)OC(=O)CCCCCCCCCCC(C)C. The number of hydrogen-bond acceptors (Lipinski definition) is 6. The Morgan fingerprint density at radius 2 is 0.453 bits per heavy atom. The summed E-state index contributed by atoms with van der Waals surface area (Å²) in [5, 5.41) is 0. The fraction of sp³-hybridized carbons (Fsp3) is 0.948. The fourth-order valence-electron chi connectivity index (χ4n) is 8.82. The highest BCUT2D eigenvalue weighted by Gasteiger charge is 2.19. The number of esters is 3. The Morgan fingerprint density at radius 1 is 0.266 bits per heavy atom. The van der Waals surface area contributed by atoms with Gasteiger partial charge in [0.05, 0.1) is 0 Å². The normalized spacial score (nSPS) is 12.1. The molecule has 0 aromatic rings. The molecule has 0 N–H and O–H groups in total. The van der Waals surface area contributed by atoms with Gasteiger partial charge in [0, 0.05) is 19.3 Å². The van der Waals surface area contributed by atoms with Gasteiger partial charge in [-0.25, -0.2) is 0 Å². The first-order valence-corrected chi connectivity index (χ1v) is 28.6. The highest BCUT2D eigenvalue weighted by Crippen LogP contribution is 2.18. The molecule has 0 aliphatic rings. The van der Waals surface area contributed by atoms with Crippen molar-refractivity contribution < 1.29 is 28.6 Å². The maximum absolute atomic E-state index is 12.8.